The first-order valence-corrected chi connectivity index (χ1v) is 11.4. The summed E-state index contributed by atoms with van der Waals surface area (Å²) in [7, 11) is -3.85. The Morgan fingerprint density at radius 3 is 2.45 bits per heavy atom. The Kier molecular flexibility index (Phi) is 4.81. The lowest BCUT2D eigenvalue weighted by atomic mass is 10.1. The molecule has 4 heterocycles. The van der Waals surface area contributed by atoms with Crippen LogP contribution in [-0.2, 0) is 16.2 Å². The lowest BCUT2D eigenvalue weighted by Gasteiger charge is -2.07. The zero-order valence-electron chi connectivity index (χ0n) is 16.2. The lowest BCUT2D eigenvalue weighted by Crippen LogP contribution is -2.09. The second kappa shape index (κ2) is 7.47. The number of thiophene rings is 1. The third-order valence-corrected chi connectivity index (χ3v) is 7.14. The molecule has 0 saturated heterocycles. The van der Waals surface area contributed by atoms with Gasteiger partial charge in [-0.15, -0.1) is 11.3 Å². The average molecular weight is 492 g/mol. The SMILES string of the molecule is NS(=O)(=O)c1ccc(-c2noc(-c3cnn4ccc(-c5ccc(C(F)(F)F)cc5)nc34)n2)s1. The van der Waals surface area contributed by atoms with Gasteiger partial charge >= 0.3 is 6.18 Å². The van der Waals surface area contributed by atoms with Crippen LogP contribution in [-0.4, -0.2) is 33.2 Å². The van der Waals surface area contributed by atoms with Gasteiger partial charge in [0.25, 0.3) is 5.89 Å². The maximum absolute atomic E-state index is 12.8. The molecule has 0 atom stereocenters. The van der Waals surface area contributed by atoms with E-state index in [4.69, 9.17) is 9.66 Å². The Morgan fingerprint density at radius 1 is 1.03 bits per heavy atom. The van der Waals surface area contributed by atoms with Crippen LogP contribution in [0.5, 0.6) is 0 Å². The van der Waals surface area contributed by atoms with Crippen molar-refractivity contribution >= 4 is 27.0 Å². The smallest absolute Gasteiger partial charge is 0.333 e. The number of nitrogens with two attached hydrogens (primary N) is 1. The van der Waals surface area contributed by atoms with E-state index in [-0.39, 0.29) is 15.9 Å². The van der Waals surface area contributed by atoms with Crippen LogP contribution >= 0.6 is 11.3 Å². The van der Waals surface area contributed by atoms with Crippen molar-refractivity contribution in [3.63, 3.8) is 0 Å². The first-order chi connectivity index (χ1) is 15.6. The van der Waals surface area contributed by atoms with Crippen LogP contribution in [0, 0.1) is 0 Å². The summed E-state index contributed by atoms with van der Waals surface area (Å²) in [5.41, 5.74) is 0.895. The van der Waals surface area contributed by atoms with Gasteiger partial charge in [-0.1, -0.05) is 17.3 Å². The molecule has 4 aromatic heterocycles. The number of aromatic nitrogens is 5. The van der Waals surface area contributed by atoms with E-state index in [0.29, 0.717) is 27.3 Å². The summed E-state index contributed by atoms with van der Waals surface area (Å²) >= 11 is 0.895. The monoisotopic (exact) mass is 492 g/mol. The number of alkyl halides is 3. The van der Waals surface area contributed by atoms with Crippen molar-refractivity contribution in [2.24, 2.45) is 5.14 Å². The highest BCUT2D eigenvalue weighted by molar-refractivity contribution is 7.91. The molecule has 5 aromatic rings. The molecule has 0 aliphatic heterocycles. The molecule has 0 aliphatic rings. The largest absolute Gasteiger partial charge is 0.416 e. The average Bonchev–Trinajstić information content (AvgIpc) is 3.50. The number of hydrogen-bond acceptors (Lipinski definition) is 8. The second-order valence-corrected chi connectivity index (χ2v) is 9.67. The lowest BCUT2D eigenvalue weighted by molar-refractivity contribution is -0.137. The van der Waals surface area contributed by atoms with Crippen molar-refractivity contribution in [3.8, 4) is 33.4 Å². The van der Waals surface area contributed by atoms with Gasteiger partial charge in [-0.2, -0.15) is 23.3 Å². The van der Waals surface area contributed by atoms with Gasteiger partial charge in [-0.05, 0) is 30.3 Å². The Morgan fingerprint density at radius 2 is 1.79 bits per heavy atom. The third-order valence-electron chi connectivity index (χ3n) is 4.62. The molecule has 168 valence electrons. The normalized spacial score (nSPS) is 12.5. The molecule has 0 bridgehead atoms. The van der Waals surface area contributed by atoms with Gasteiger partial charge in [0.2, 0.25) is 15.8 Å². The van der Waals surface area contributed by atoms with Gasteiger partial charge in [-0.25, -0.2) is 23.1 Å². The molecule has 0 spiro atoms. The molecule has 0 fully saturated rings. The fourth-order valence-corrected chi connectivity index (χ4v) is 4.69. The van der Waals surface area contributed by atoms with E-state index in [9.17, 15) is 21.6 Å². The minimum atomic E-state index is -4.43. The van der Waals surface area contributed by atoms with Crippen molar-refractivity contribution in [2.75, 3.05) is 0 Å². The van der Waals surface area contributed by atoms with Crippen LogP contribution < -0.4 is 5.14 Å². The molecule has 0 unspecified atom stereocenters. The second-order valence-electron chi connectivity index (χ2n) is 6.80. The molecule has 0 amide bonds. The van der Waals surface area contributed by atoms with E-state index < -0.39 is 21.8 Å². The van der Waals surface area contributed by atoms with Gasteiger partial charge in [0.1, 0.15) is 9.77 Å². The summed E-state index contributed by atoms with van der Waals surface area (Å²) in [6.07, 6.45) is -1.37. The first kappa shape index (κ1) is 21.2. The molecule has 2 N–H and O–H groups in total. The molecular formula is C19H11F3N6O3S2. The van der Waals surface area contributed by atoms with Crippen molar-refractivity contribution in [3.05, 3.63) is 60.4 Å². The predicted molar refractivity (Wildman–Crippen MR) is 111 cm³/mol. The number of fused-ring (bicyclic) bond motifs is 1. The highest BCUT2D eigenvalue weighted by atomic mass is 32.2. The van der Waals surface area contributed by atoms with E-state index in [2.05, 4.69) is 20.2 Å². The highest BCUT2D eigenvalue weighted by Crippen LogP contribution is 2.32. The van der Waals surface area contributed by atoms with E-state index >= 15 is 0 Å². The topological polar surface area (TPSA) is 129 Å². The predicted octanol–water partition coefficient (Wildman–Crippen LogP) is 3.84. The molecule has 5 rings (SSSR count). The minimum absolute atomic E-state index is 0.0392. The van der Waals surface area contributed by atoms with Crippen molar-refractivity contribution < 1.29 is 26.1 Å². The Labute approximate surface area is 187 Å². The molecular weight excluding hydrogens is 481 g/mol. The number of nitrogens with zero attached hydrogens (tertiary/aromatic N) is 5. The summed E-state index contributed by atoms with van der Waals surface area (Å²) in [5.74, 6) is 0.241. The van der Waals surface area contributed by atoms with Crippen LogP contribution in [0.2, 0.25) is 0 Å². The van der Waals surface area contributed by atoms with Gasteiger partial charge in [0, 0.05) is 11.8 Å². The number of sulfonamides is 1. The van der Waals surface area contributed by atoms with Crippen molar-refractivity contribution in [2.45, 2.75) is 10.4 Å². The fourth-order valence-electron chi connectivity index (χ4n) is 3.04. The standard InChI is InChI=1S/C19H11F3N6O3S2/c20-19(21,22)11-3-1-10(2-4-11)13-7-8-28-17(25-13)12(9-24-28)18-26-16(27-31-18)14-5-6-15(32-14)33(23,29)30/h1-9H,(H2,23,29,30). The van der Waals surface area contributed by atoms with Crippen LogP contribution in [0.1, 0.15) is 5.56 Å². The van der Waals surface area contributed by atoms with E-state index in [0.717, 1.165) is 23.5 Å². The minimum Gasteiger partial charge on any atom is -0.333 e. The number of rotatable bonds is 4. The quantitative estimate of drug-likeness (QED) is 0.403. The van der Waals surface area contributed by atoms with Crippen LogP contribution in [0.15, 0.2) is 63.6 Å². The van der Waals surface area contributed by atoms with Gasteiger partial charge in [-0.3, -0.25) is 0 Å². The van der Waals surface area contributed by atoms with Crippen molar-refractivity contribution in [1.29, 1.82) is 0 Å². The maximum Gasteiger partial charge on any atom is 0.416 e. The van der Waals surface area contributed by atoms with E-state index in [1.54, 1.807) is 12.3 Å². The Hall–Kier alpha value is -3.62. The molecule has 14 heteroatoms. The molecule has 9 nitrogen and oxygen atoms in total. The van der Waals surface area contributed by atoms with Crippen LogP contribution in [0.4, 0.5) is 13.2 Å². The Balaban J connectivity index is 1.51. The first-order valence-electron chi connectivity index (χ1n) is 9.09. The zero-order valence-corrected chi connectivity index (χ0v) is 17.8. The van der Waals surface area contributed by atoms with E-state index in [1.165, 1.54) is 35.0 Å². The highest BCUT2D eigenvalue weighted by Gasteiger charge is 2.30. The Bertz CT molecular complexity index is 1590. The van der Waals surface area contributed by atoms with Crippen LogP contribution in [0.25, 0.3) is 39.1 Å². The summed E-state index contributed by atoms with van der Waals surface area (Å²) < 4.78 is 68.2. The fraction of sp³-hybridized carbons (Fsp3) is 0.0526. The maximum atomic E-state index is 12.8. The summed E-state index contributed by atoms with van der Waals surface area (Å²) in [6.45, 7) is 0. The number of primary sulfonamides is 1. The zero-order chi connectivity index (χ0) is 23.4. The number of halogens is 3. The molecule has 33 heavy (non-hydrogen) atoms. The third kappa shape index (κ3) is 3.99. The molecule has 0 radical (unpaired) electrons. The summed E-state index contributed by atoms with van der Waals surface area (Å²) in [4.78, 5) is 9.21. The van der Waals surface area contributed by atoms with Crippen LogP contribution in [0.3, 0.4) is 0 Å². The molecule has 0 saturated carbocycles. The molecule has 1 aromatic carbocycles. The van der Waals surface area contributed by atoms with Gasteiger partial charge in [0.15, 0.2) is 5.65 Å². The number of benzene rings is 1. The van der Waals surface area contributed by atoms with Crippen molar-refractivity contribution in [1.82, 2.24) is 24.7 Å². The summed E-state index contributed by atoms with van der Waals surface area (Å²) in [6, 6.07) is 9.12. The summed E-state index contributed by atoms with van der Waals surface area (Å²) in [5, 5.41) is 13.2. The van der Waals surface area contributed by atoms with E-state index in [1.807, 2.05) is 0 Å². The molecule has 0 aliphatic carbocycles. The number of hydrogen-bond donors (Lipinski definition) is 1. The van der Waals surface area contributed by atoms with Gasteiger partial charge in [0.05, 0.1) is 22.3 Å². The van der Waals surface area contributed by atoms with Gasteiger partial charge < -0.3 is 4.52 Å².